The van der Waals surface area contributed by atoms with Gasteiger partial charge in [-0.2, -0.15) is 0 Å². The number of aromatic amines is 1. The number of aromatic nitrogens is 1. The van der Waals surface area contributed by atoms with Crippen molar-refractivity contribution >= 4 is 23.5 Å². The highest BCUT2D eigenvalue weighted by Crippen LogP contribution is 2.16. The van der Waals surface area contributed by atoms with Crippen LogP contribution in [-0.4, -0.2) is 30.6 Å². The summed E-state index contributed by atoms with van der Waals surface area (Å²) in [6.45, 7) is 0.375. The van der Waals surface area contributed by atoms with Gasteiger partial charge in [-0.3, -0.25) is 4.79 Å². The van der Waals surface area contributed by atoms with Crippen LogP contribution in [0.2, 0.25) is 0 Å². The van der Waals surface area contributed by atoms with E-state index in [0.717, 1.165) is 5.52 Å². The Hall–Kier alpha value is -2.24. The fraction of sp³-hybridized carbons (Fsp3) is 0.200. The molecule has 0 radical (unpaired) electrons. The van der Waals surface area contributed by atoms with Crippen molar-refractivity contribution in [2.45, 2.75) is 0 Å². The zero-order chi connectivity index (χ0) is 11.4. The van der Waals surface area contributed by atoms with E-state index >= 15 is 0 Å². The van der Waals surface area contributed by atoms with Crippen LogP contribution in [0.4, 0.5) is 0 Å². The molecule has 0 aliphatic carbocycles. The zero-order valence-electron chi connectivity index (χ0n) is 8.26. The van der Waals surface area contributed by atoms with E-state index in [9.17, 15) is 9.59 Å². The Kier molecular flexibility index (Phi) is 2.90. The standard InChI is InChI=1S/C10H9NO5/c12-6-14-3-4-16-10(13)8-5-9-7(11-8)1-2-15-9/h1-2,5-6,11H,3-4H2. The number of carbonyl (C=O) groups is 2. The van der Waals surface area contributed by atoms with Gasteiger partial charge in [-0.05, 0) is 0 Å². The SMILES string of the molecule is O=COCCOC(=O)c1cc2occc2[nH]1. The van der Waals surface area contributed by atoms with Crippen LogP contribution in [0.5, 0.6) is 0 Å². The molecule has 0 amide bonds. The number of rotatable bonds is 5. The molecule has 0 fully saturated rings. The highest BCUT2D eigenvalue weighted by Gasteiger charge is 2.11. The molecular formula is C10H9NO5. The Balaban J connectivity index is 1.94. The molecule has 2 rings (SSSR count). The maximum atomic E-state index is 11.4. The Morgan fingerprint density at radius 1 is 1.50 bits per heavy atom. The molecular weight excluding hydrogens is 214 g/mol. The third-order valence-corrected chi connectivity index (χ3v) is 1.96. The molecule has 6 nitrogen and oxygen atoms in total. The quantitative estimate of drug-likeness (QED) is 0.466. The van der Waals surface area contributed by atoms with E-state index in [4.69, 9.17) is 9.15 Å². The summed E-state index contributed by atoms with van der Waals surface area (Å²) in [6, 6.07) is 3.26. The van der Waals surface area contributed by atoms with Crippen molar-refractivity contribution < 1.29 is 23.5 Å². The minimum Gasteiger partial charge on any atom is -0.464 e. The van der Waals surface area contributed by atoms with Gasteiger partial charge >= 0.3 is 5.97 Å². The van der Waals surface area contributed by atoms with Crippen molar-refractivity contribution in [1.82, 2.24) is 4.98 Å². The Morgan fingerprint density at radius 3 is 3.12 bits per heavy atom. The number of nitrogens with one attached hydrogen (secondary N) is 1. The van der Waals surface area contributed by atoms with Crippen LogP contribution in [-0.2, 0) is 14.3 Å². The molecule has 0 unspecified atom stereocenters. The van der Waals surface area contributed by atoms with Crippen molar-refractivity contribution in [1.29, 1.82) is 0 Å². The second-order valence-electron chi connectivity index (χ2n) is 2.98. The number of esters is 1. The van der Waals surface area contributed by atoms with E-state index in [2.05, 4.69) is 9.72 Å². The van der Waals surface area contributed by atoms with Crippen molar-refractivity contribution in [3.63, 3.8) is 0 Å². The first-order valence-corrected chi connectivity index (χ1v) is 4.60. The average molecular weight is 223 g/mol. The van der Waals surface area contributed by atoms with Gasteiger partial charge in [0.2, 0.25) is 0 Å². The summed E-state index contributed by atoms with van der Waals surface area (Å²) in [6.07, 6.45) is 1.52. The average Bonchev–Trinajstić information content (AvgIpc) is 2.83. The summed E-state index contributed by atoms with van der Waals surface area (Å²) in [7, 11) is 0. The maximum absolute atomic E-state index is 11.4. The van der Waals surface area contributed by atoms with Crippen molar-refractivity contribution in [3.05, 3.63) is 24.1 Å². The Morgan fingerprint density at radius 2 is 2.38 bits per heavy atom. The second-order valence-corrected chi connectivity index (χ2v) is 2.98. The van der Waals surface area contributed by atoms with Crippen LogP contribution < -0.4 is 0 Å². The maximum Gasteiger partial charge on any atom is 0.355 e. The highest BCUT2D eigenvalue weighted by atomic mass is 16.6. The van der Waals surface area contributed by atoms with Crippen LogP contribution in [0.25, 0.3) is 11.1 Å². The minimum absolute atomic E-state index is 0.0258. The molecule has 0 atom stereocenters. The fourth-order valence-corrected chi connectivity index (χ4v) is 1.27. The minimum atomic E-state index is -0.513. The van der Waals surface area contributed by atoms with E-state index in [1.165, 1.54) is 6.26 Å². The molecule has 6 heteroatoms. The van der Waals surface area contributed by atoms with E-state index < -0.39 is 5.97 Å². The number of carbonyl (C=O) groups excluding carboxylic acids is 2. The molecule has 16 heavy (non-hydrogen) atoms. The Bertz CT molecular complexity index is 470. The smallest absolute Gasteiger partial charge is 0.355 e. The molecule has 0 aliphatic heterocycles. The lowest BCUT2D eigenvalue weighted by Crippen LogP contribution is -2.10. The van der Waals surface area contributed by atoms with Gasteiger partial charge in [0.25, 0.3) is 6.47 Å². The molecule has 2 aromatic rings. The monoisotopic (exact) mass is 223 g/mol. The lowest BCUT2D eigenvalue weighted by molar-refractivity contribution is -0.129. The summed E-state index contributed by atoms with van der Waals surface area (Å²) >= 11 is 0. The van der Waals surface area contributed by atoms with E-state index in [0.29, 0.717) is 17.7 Å². The van der Waals surface area contributed by atoms with Gasteiger partial charge < -0.3 is 18.9 Å². The Labute approximate surface area is 90.1 Å². The molecule has 2 heterocycles. The first kappa shape index (κ1) is 10.3. The van der Waals surface area contributed by atoms with Crippen molar-refractivity contribution in [2.75, 3.05) is 13.2 Å². The third-order valence-electron chi connectivity index (χ3n) is 1.96. The van der Waals surface area contributed by atoms with Crippen LogP contribution in [0.3, 0.4) is 0 Å². The highest BCUT2D eigenvalue weighted by molar-refractivity contribution is 5.93. The fourth-order valence-electron chi connectivity index (χ4n) is 1.27. The molecule has 84 valence electrons. The number of fused-ring (bicyclic) bond motifs is 1. The van der Waals surface area contributed by atoms with Crippen LogP contribution in [0.1, 0.15) is 10.5 Å². The van der Waals surface area contributed by atoms with Crippen LogP contribution in [0.15, 0.2) is 22.8 Å². The molecule has 0 bridgehead atoms. The molecule has 0 aromatic carbocycles. The number of H-pyrrole nitrogens is 1. The van der Waals surface area contributed by atoms with Gasteiger partial charge in [-0.25, -0.2) is 4.79 Å². The lowest BCUT2D eigenvalue weighted by Gasteiger charge is -2.01. The molecule has 1 N–H and O–H groups in total. The van der Waals surface area contributed by atoms with E-state index in [1.54, 1.807) is 12.1 Å². The molecule has 0 saturated carbocycles. The summed E-state index contributed by atoms with van der Waals surface area (Å²) in [4.78, 5) is 24.1. The second kappa shape index (κ2) is 4.52. The number of hydrogen-bond donors (Lipinski definition) is 1. The summed E-state index contributed by atoms with van der Waals surface area (Å²) in [5.41, 5.74) is 1.63. The normalized spacial score (nSPS) is 10.2. The number of furan rings is 1. The molecule has 2 aromatic heterocycles. The van der Waals surface area contributed by atoms with Crippen molar-refractivity contribution in [3.8, 4) is 0 Å². The van der Waals surface area contributed by atoms with Crippen LogP contribution >= 0.6 is 0 Å². The number of ether oxygens (including phenoxy) is 2. The van der Waals surface area contributed by atoms with Crippen LogP contribution in [0, 0.1) is 0 Å². The van der Waals surface area contributed by atoms with E-state index in [-0.39, 0.29) is 13.2 Å². The molecule has 0 spiro atoms. The molecule has 0 aliphatic rings. The predicted octanol–water partition coefficient (Wildman–Crippen LogP) is 1.09. The predicted molar refractivity (Wildman–Crippen MR) is 52.9 cm³/mol. The lowest BCUT2D eigenvalue weighted by atomic mass is 10.4. The first-order valence-electron chi connectivity index (χ1n) is 4.60. The summed E-state index contributed by atoms with van der Waals surface area (Å²) in [5, 5.41) is 0. The van der Waals surface area contributed by atoms with E-state index in [1.807, 2.05) is 0 Å². The van der Waals surface area contributed by atoms with Gasteiger partial charge in [0.1, 0.15) is 18.9 Å². The topological polar surface area (TPSA) is 81.5 Å². The largest absolute Gasteiger partial charge is 0.464 e. The third kappa shape index (κ3) is 2.05. The van der Waals surface area contributed by atoms with Gasteiger partial charge in [-0.1, -0.05) is 0 Å². The number of hydrogen-bond acceptors (Lipinski definition) is 5. The van der Waals surface area contributed by atoms with Gasteiger partial charge in [0.15, 0.2) is 5.58 Å². The van der Waals surface area contributed by atoms with Gasteiger partial charge in [0, 0.05) is 12.1 Å². The zero-order valence-corrected chi connectivity index (χ0v) is 8.26. The summed E-state index contributed by atoms with van der Waals surface area (Å²) < 4.78 is 14.3. The molecule has 0 saturated heterocycles. The van der Waals surface area contributed by atoms with Crippen molar-refractivity contribution in [2.24, 2.45) is 0 Å². The first-order chi connectivity index (χ1) is 7.81. The van der Waals surface area contributed by atoms with Gasteiger partial charge in [0.05, 0.1) is 11.8 Å². The van der Waals surface area contributed by atoms with Gasteiger partial charge in [-0.15, -0.1) is 0 Å². The summed E-state index contributed by atoms with van der Waals surface area (Å²) in [5.74, 6) is -0.513.